The molecule has 1 fully saturated rings. The molecular formula is C12H16N4O4. The SMILES string of the molecule is COc1cc(C(=O)N[C@@H]2CC(=O)N(C)C2)nc(OC)n1. The van der Waals surface area contributed by atoms with Crippen molar-refractivity contribution >= 4 is 11.8 Å². The van der Waals surface area contributed by atoms with Gasteiger partial charge in [0, 0.05) is 26.1 Å². The molecule has 8 nitrogen and oxygen atoms in total. The Hall–Kier alpha value is -2.38. The Morgan fingerprint density at radius 2 is 2.15 bits per heavy atom. The van der Waals surface area contributed by atoms with Crippen molar-refractivity contribution < 1.29 is 19.1 Å². The summed E-state index contributed by atoms with van der Waals surface area (Å²) in [5, 5.41) is 2.76. The molecule has 1 saturated heterocycles. The van der Waals surface area contributed by atoms with Gasteiger partial charge in [-0.1, -0.05) is 0 Å². The normalized spacial score (nSPS) is 18.1. The van der Waals surface area contributed by atoms with Gasteiger partial charge in [0.2, 0.25) is 11.8 Å². The number of carbonyl (C=O) groups excluding carboxylic acids is 2. The zero-order valence-corrected chi connectivity index (χ0v) is 11.5. The van der Waals surface area contributed by atoms with Crippen LogP contribution >= 0.6 is 0 Å². The fourth-order valence-corrected chi connectivity index (χ4v) is 1.94. The zero-order chi connectivity index (χ0) is 14.7. The number of hydrogen-bond acceptors (Lipinski definition) is 6. The Labute approximate surface area is 116 Å². The molecule has 2 amide bonds. The van der Waals surface area contributed by atoms with Crippen LogP contribution in [-0.2, 0) is 4.79 Å². The molecule has 0 unspecified atom stereocenters. The minimum absolute atomic E-state index is 0.00755. The molecule has 0 spiro atoms. The number of nitrogens with zero attached hydrogens (tertiary/aromatic N) is 3. The Balaban J connectivity index is 2.11. The molecule has 2 heterocycles. The summed E-state index contributed by atoms with van der Waals surface area (Å²) in [7, 11) is 4.54. The smallest absolute Gasteiger partial charge is 0.320 e. The Morgan fingerprint density at radius 3 is 2.70 bits per heavy atom. The highest BCUT2D eigenvalue weighted by molar-refractivity contribution is 5.93. The number of carbonyl (C=O) groups is 2. The number of nitrogens with one attached hydrogen (secondary N) is 1. The average molecular weight is 280 g/mol. The molecule has 0 aromatic carbocycles. The van der Waals surface area contributed by atoms with Crippen LogP contribution in [0.15, 0.2) is 6.07 Å². The van der Waals surface area contributed by atoms with Crippen molar-refractivity contribution in [2.75, 3.05) is 27.8 Å². The number of rotatable bonds is 4. The van der Waals surface area contributed by atoms with E-state index in [2.05, 4.69) is 15.3 Å². The van der Waals surface area contributed by atoms with Crippen LogP contribution in [0.5, 0.6) is 11.9 Å². The number of likely N-dealkylation sites (N-methyl/N-ethyl adjacent to an activating group) is 1. The third-order valence-electron chi connectivity index (χ3n) is 2.98. The van der Waals surface area contributed by atoms with Gasteiger partial charge in [0.05, 0.1) is 20.3 Å². The minimum atomic E-state index is -0.392. The van der Waals surface area contributed by atoms with Gasteiger partial charge in [-0.05, 0) is 0 Å². The van der Waals surface area contributed by atoms with E-state index in [1.807, 2.05) is 0 Å². The highest BCUT2D eigenvalue weighted by Gasteiger charge is 2.28. The number of aromatic nitrogens is 2. The maximum absolute atomic E-state index is 12.1. The lowest BCUT2D eigenvalue weighted by Gasteiger charge is -2.12. The first-order chi connectivity index (χ1) is 9.53. The summed E-state index contributed by atoms with van der Waals surface area (Å²) in [6, 6.07) is 1.25. The maximum atomic E-state index is 12.1. The predicted octanol–water partition coefficient (Wildman–Crippen LogP) is -0.546. The highest BCUT2D eigenvalue weighted by Crippen LogP contribution is 2.14. The lowest BCUT2D eigenvalue weighted by molar-refractivity contribution is -0.126. The minimum Gasteiger partial charge on any atom is -0.481 e. The van der Waals surface area contributed by atoms with Gasteiger partial charge in [-0.25, -0.2) is 0 Å². The molecule has 20 heavy (non-hydrogen) atoms. The summed E-state index contributed by atoms with van der Waals surface area (Å²) < 4.78 is 9.89. The molecule has 0 radical (unpaired) electrons. The largest absolute Gasteiger partial charge is 0.481 e. The van der Waals surface area contributed by atoms with Gasteiger partial charge in [-0.3, -0.25) is 9.59 Å². The fourth-order valence-electron chi connectivity index (χ4n) is 1.94. The molecule has 1 N–H and O–H groups in total. The van der Waals surface area contributed by atoms with Gasteiger partial charge in [0.25, 0.3) is 5.91 Å². The fraction of sp³-hybridized carbons (Fsp3) is 0.500. The summed E-state index contributed by atoms with van der Waals surface area (Å²) in [4.78, 5) is 33.0. The second-order valence-corrected chi connectivity index (χ2v) is 4.43. The van der Waals surface area contributed by atoms with E-state index in [4.69, 9.17) is 9.47 Å². The third kappa shape index (κ3) is 2.95. The van der Waals surface area contributed by atoms with Crippen LogP contribution in [0.1, 0.15) is 16.9 Å². The van der Waals surface area contributed by atoms with E-state index in [0.717, 1.165) is 0 Å². The number of methoxy groups -OCH3 is 2. The lowest BCUT2D eigenvalue weighted by Crippen LogP contribution is -2.37. The van der Waals surface area contributed by atoms with Crippen LogP contribution in [0.2, 0.25) is 0 Å². The molecule has 1 aromatic rings. The predicted molar refractivity (Wildman–Crippen MR) is 68.6 cm³/mol. The van der Waals surface area contributed by atoms with Gasteiger partial charge >= 0.3 is 6.01 Å². The van der Waals surface area contributed by atoms with Crippen molar-refractivity contribution in [2.24, 2.45) is 0 Å². The van der Waals surface area contributed by atoms with E-state index in [1.165, 1.54) is 20.3 Å². The molecule has 1 aliphatic heterocycles. The number of amides is 2. The molecule has 1 atom stereocenters. The second kappa shape index (κ2) is 5.72. The van der Waals surface area contributed by atoms with Gasteiger partial charge in [-0.2, -0.15) is 9.97 Å². The number of hydrogen-bond donors (Lipinski definition) is 1. The first-order valence-electron chi connectivity index (χ1n) is 6.05. The highest BCUT2D eigenvalue weighted by atomic mass is 16.5. The van der Waals surface area contributed by atoms with E-state index in [1.54, 1.807) is 11.9 Å². The monoisotopic (exact) mass is 280 g/mol. The van der Waals surface area contributed by atoms with Crippen LogP contribution < -0.4 is 14.8 Å². The van der Waals surface area contributed by atoms with Crippen LogP contribution in [0.4, 0.5) is 0 Å². The average Bonchev–Trinajstić information content (AvgIpc) is 2.76. The van der Waals surface area contributed by atoms with Crippen molar-refractivity contribution in [3.63, 3.8) is 0 Å². The standard InChI is InChI=1S/C12H16N4O4/c1-16-6-7(4-10(16)17)13-11(18)8-5-9(19-2)15-12(14-8)20-3/h5,7H,4,6H2,1-3H3,(H,13,18)/t7-/m1/s1. The van der Waals surface area contributed by atoms with Crippen molar-refractivity contribution in [3.8, 4) is 11.9 Å². The van der Waals surface area contributed by atoms with E-state index in [0.29, 0.717) is 13.0 Å². The third-order valence-corrected chi connectivity index (χ3v) is 2.98. The van der Waals surface area contributed by atoms with Gasteiger partial charge in [0.15, 0.2) is 0 Å². The molecule has 1 aromatic heterocycles. The lowest BCUT2D eigenvalue weighted by atomic mass is 10.2. The molecule has 0 aliphatic carbocycles. The van der Waals surface area contributed by atoms with E-state index in [-0.39, 0.29) is 29.5 Å². The molecule has 0 saturated carbocycles. The van der Waals surface area contributed by atoms with E-state index in [9.17, 15) is 9.59 Å². The van der Waals surface area contributed by atoms with Gasteiger partial charge < -0.3 is 19.7 Å². The summed E-state index contributed by atoms with van der Waals surface area (Å²) in [6.07, 6.45) is 0.293. The molecular weight excluding hydrogens is 264 g/mol. The molecule has 8 heteroatoms. The van der Waals surface area contributed by atoms with Crippen LogP contribution in [0.25, 0.3) is 0 Å². The molecule has 0 bridgehead atoms. The van der Waals surface area contributed by atoms with Gasteiger partial charge in [-0.15, -0.1) is 0 Å². The number of ether oxygens (including phenoxy) is 2. The molecule has 2 rings (SSSR count). The summed E-state index contributed by atoms with van der Waals surface area (Å²) in [5.74, 6) is -0.146. The summed E-state index contributed by atoms with van der Waals surface area (Å²) >= 11 is 0. The molecule has 108 valence electrons. The first-order valence-corrected chi connectivity index (χ1v) is 6.05. The van der Waals surface area contributed by atoms with E-state index < -0.39 is 5.91 Å². The second-order valence-electron chi connectivity index (χ2n) is 4.43. The van der Waals surface area contributed by atoms with Crippen molar-refractivity contribution in [1.29, 1.82) is 0 Å². The van der Waals surface area contributed by atoms with E-state index >= 15 is 0 Å². The zero-order valence-electron chi connectivity index (χ0n) is 11.5. The summed E-state index contributed by atoms with van der Waals surface area (Å²) in [5.41, 5.74) is 0.135. The number of likely N-dealkylation sites (tertiary alicyclic amines) is 1. The van der Waals surface area contributed by atoms with Crippen LogP contribution in [0, 0.1) is 0 Å². The Morgan fingerprint density at radius 1 is 1.40 bits per heavy atom. The summed E-state index contributed by atoms with van der Waals surface area (Å²) in [6.45, 7) is 0.490. The topological polar surface area (TPSA) is 93.7 Å². The van der Waals surface area contributed by atoms with Crippen molar-refractivity contribution in [3.05, 3.63) is 11.8 Å². The van der Waals surface area contributed by atoms with Crippen LogP contribution in [0.3, 0.4) is 0 Å². The maximum Gasteiger partial charge on any atom is 0.320 e. The molecule has 1 aliphatic rings. The Bertz CT molecular complexity index is 512. The van der Waals surface area contributed by atoms with Crippen molar-refractivity contribution in [2.45, 2.75) is 12.5 Å². The van der Waals surface area contributed by atoms with Crippen LogP contribution in [-0.4, -0.2) is 60.5 Å². The quantitative estimate of drug-likeness (QED) is 0.795. The van der Waals surface area contributed by atoms with Gasteiger partial charge in [0.1, 0.15) is 5.69 Å². The Kier molecular flexibility index (Phi) is 4.02. The van der Waals surface area contributed by atoms with Crippen molar-refractivity contribution in [1.82, 2.24) is 20.2 Å². The first kappa shape index (κ1) is 14.0.